The first-order chi connectivity index (χ1) is 10.7. The summed E-state index contributed by atoms with van der Waals surface area (Å²) in [5.41, 5.74) is 1.27. The minimum Gasteiger partial charge on any atom is -0.496 e. The normalized spacial score (nSPS) is 22.4. The van der Waals surface area contributed by atoms with Crippen LogP contribution in [0.1, 0.15) is 44.1 Å². The van der Waals surface area contributed by atoms with E-state index < -0.39 is 0 Å². The van der Waals surface area contributed by atoms with Gasteiger partial charge in [0, 0.05) is 17.5 Å². The molecule has 1 aliphatic carbocycles. The molecule has 1 aliphatic heterocycles. The van der Waals surface area contributed by atoms with Crippen LogP contribution >= 0.6 is 12.4 Å². The number of benzene rings is 1. The molecule has 1 heterocycles. The Morgan fingerprint density at radius 2 is 2.04 bits per heavy atom. The van der Waals surface area contributed by atoms with E-state index in [4.69, 9.17) is 4.74 Å². The van der Waals surface area contributed by atoms with E-state index in [1.807, 2.05) is 12.1 Å². The largest absolute Gasteiger partial charge is 0.496 e. The predicted octanol–water partition coefficient (Wildman–Crippen LogP) is 2.80. The van der Waals surface area contributed by atoms with Crippen molar-refractivity contribution in [3.05, 3.63) is 29.8 Å². The zero-order valence-electron chi connectivity index (χ0n) is 13.8. The molecule has 1 saturated carbocycles. The lowest BCUT2D eigenvalue weighted by Crippen LogP contribution is -2.46. The van der Waals surface area contributed by atoms with E-state index in [2.05, 4.69) is 22.8 Å². The van der Waals surface area contributed by atoms with Gasteiger partial charge in [0.15, 0.2) is 0 Å². The van der Waals surface area contributed by atoms with Gasteiger partial charge in [0.1, 0.15) is 5.75 Å². The predicted molar refractivity (Wildman–Crippen MR) is 94.4 cm³/mol. The summed E-state index contributed by atoms with van der Waals surface area (Å²) in [5, 5.41) is 6.47. The number of hydrogen-bond donors (Lipinski definition) is 2. The topological polar surface area (TPSA) is 50.4 Å². The summed E-state index contributed by atoms with van der Waals surface area (Å²) in [4.78, 5) is 12.3. The molecule has 2 N–H and O–H groups in total. The molecule has 23 heavy (non-hydrogen) atoms. The van der Waals surface area contributed by atoms with Gasteiger partial charge in [-0.2, -0.15) is 0 Å². The van der Waals surface area contributed by atoms with Crippen LogP contribution in [0.2, 0.25) is 0 Å². The third-order valence-corrected chi connectivity index (χ3v) is 5.22. The maximum Gasteiger partial charge on any atom is 0.237 e. The molecule has 0 spiro atoms. The highest BCUT2D eigenvalue weighted by Gasteiger charge is 2.38. The summed E-state index contributed by atoms with van der Waals surface area (Å²) in [5.74, 6) is 1.09. The van der Waals surface area contributed by atoms with E-state index in [1.165, 1.54) is 18.4 Å². The molecule has 0 radical (unpaired) electrons. The average molecular weight is 339 g/mol. The fourth-order valence-corrected chi connectivity index (χ4v) is 3.96. The number of ether oxygens (including phenoxy) is 1. The first-order valence-electron chi connectivity index (χ1n) is 8.40. The van der Waals surface area contributed by atoms with Crippen LogP contribution in [-0.4, -0.2) is 32.1 Å². The van der Waals surface area contributed by atoms with E-state index in [9.17, 15) is 4.79 Å². The van der Waals surface area contributed by atoms with E-state index >= 15 is 0 Å². The zero-order chi connectivity index (χ0) is 15.4. The third-order valence-electron chi connectivity index (χ3n) is 5.22. The Morgan fingerprint density at radius 1 is 1.30 bits per heavy atom. The van der Waals surface area contributed by atoms with Gasteiger partial charge >= 0.3 is 0 Å². The average Bonchev–Trinajstić information content (AvgIpc) is 3.25. The Hall–Kier alpha value is -1.26. The van der Waals surface area contributed by atoms with Gasteiger partial charge in [0.05, 0.1) is 13.2 Å². The molecule has 1 saturated heterocycles. The molecule has 1 unspecified atom stereocenters. The number of carbonyl (C=O) groups is 1. The summed E-state index contributed by atoms with van der Waals surface area (Å²) in [6.07, 6.45) is 6.71. The third kappa shape index (κ3) is 3.81. The lowest BCUT2D eigenvalue weighted by Gasteiger charge is -2.31. The van der Waals surface area contributed by atoms with Crippen LogP contribution in [0, 0.1) is 0 Å². The molecule has 0 aromatic heterocycles. The standard InChI is InChI=1S/C18H26N2O2.ClH/c1-22-16-9-3-2-7-14(16)18(10-4-5-11-18)13-20-17(21)15-8-6-12-19-15;/h2-3,7,9,15,19H,4-6,8,10-13H2,1H3,(H,20,21);1H. The van der Waals surface area contributed by atoms with Crippen LogP contribution in [0.4, 0.5) is 0 Å². The summed E-state index contributed by atoms with van der Waals surface area (Å²) in [6.45, 7) is 1.67. The van der Waals surface area contributed by atoms with Crippen LogP contribution < -0.4 is 15.4 Å². The highest BCUT2D eigenvalue weighted by Crippen LogP contribution is 2.44. The molecule has 3 rings (SSSR count). The fourth-order valence-electron chi connectivity index (χ4n) is 3.96. The molecule has 0 bridgehead atoms. The molecular formula is C18H27ClN2O2. The number of amides is 1. The summed E-state index contributed by atoms with van der Waals surface area (Å²) in [6, 6.07) is 8.25. The van der Waals surface area contributed by atoms with Gasteiger partial charge in [-0.15, -0.1) is 12.4 Å². The lowest BCUT2D eigenvalue weighted by molar-refractivity contribution is -0.123. The number of para-hydroxylation sites is 1. The number of halogens is 1. The van der Waals surface area contributed by atoms with Crippen LogP contribution in [0.25, 0.3) is 0 Å². The van der Waals surface area contributed by atoms with Crippen molar-refractivity contribution in [3.8, 4) is 5.75 Å². The molecule has 4 nitrogen and oxygen atoms in total. The fraction of sp³-hybridized carbons (Fsp3) is 0.611. The van der Waals surface area contributed by atoms with Gasteiger partial charge < -0.3 is 15.4 Å². The smallest absolute Gasteiger partial charge is 0.237 e. The Kier molecular flexibility index (Phi) is 6.31. The van der Waals surface area contributed by atoms with Crippen LogP contribution in [0.15, 0.2) is 24.3 Å². The highest BCUT2D eigenvalue weighted by atomic mass is 35.5. The van der Waals surface area contributed by atoms with Gasteiger partial charge in [0.25, 0.3) is 0 Å². The van der Waals surface area contributed by atoms with Crippen molar-refractivity contribution < 1.29 is 9.53 Å². The monoisotopic (exact) mass is 338 g/mol. The summed E-state index contributed by atoms with van der Waals surface area (Å²) >= 11 is 0. The van der Waals surface area contributed by atoms with E-state index in [1.54, 1.807) is 7.11 Å². The van der Waals surface area contributed by atoms with Crippen molar-refractivity contribution in [2.45, 2.75) is 50.0 Å². The van der Waals surface area contributed by atoms with Gasteiger partial charge in [0.2, 0.25) is 5.91 Å². The molecule has 2 fully saturated rings. The van der Waals surface area contributed by atoms with Gasteiger partial charge in [-0.25, -0.2) is 0 Å². The molecule has 5 heteroatoms. The van der Waals surface area contributed by atoms with E-state index in [0.717, 1.165) is 38.0 Å². The zero-order valence-corrected chi connectivity index (χ0v) is 14.6. The molecule has 1 amide bonds. The molecule has 2 aliphatic rings. The first-order valence-corrected chi connectivity index (χ1v) is 8.40. The number of rotatable bonds is 5. The van der Waals surface area contributed by atoms with Gasteiger partial charge in [-0.05, 0) is 38.3 Å². The molecule has 128 valence electrons. The minimum absolute atomic E-state index is 0. The lowest BCUT2D eigenvalue weighted by atomic mass is 9.78. The van der Waals surface area contributed by atoms with Gasteiger partial charge in [-0.1, -0.05) is 31.0 Å². The minimum atomic E-state index is -0.00359. The number of hydrogen-bond acceptors (Lipinski definition) is 3. The first kappa shape index (κ1) is 18.1. The molecule has 1 atom stereocenters. The molecular weight excluding hydrogens is 312 g/mol. The molecule has 1 aromatic rings. The van der Waals surface area contributed by atoms with Crippen LogP contribution in [-0.2, 0) is 10.2 Å². The second-order valence-corrected chi connectivity index (χ2v) is 6.55. The van der Waals surface area contributed by atoms with Crippen LogP contribution in [0.3, 0.4) is 0 Å². The van der Waals surface area contributed by atoms with Crippen molar-refractivity contribution in [2.75, 3.05) is 20.2 Å². The van der Waals surface area contributed by atoms with E-state index in [-0.39, 0.29) is 29.8 Å². The van der Waals surface area contributed by atoms with Crippen molar-refractivity contribution in [3.63, 3.8) is 0 Å². The van der Waals surface area contributed by atoms with Crippen molar-refractivity contribution >= 4 is 18.3 Å². The SMILES string of the molecule is COc1ccccc1C1(CNC(=O)C2CCCN2)CCCC1.Cl. The van der Waals surface area contributed by atoms with Crippen molar-refractivity contribution in [1.82, 2.24) is 10.6 Å². The van der Waals surface area contributed by atoms with E-state index in [0.29, 0.717) is 6.54 Å². The maximum atomic E-state index is 12.3. The second kappa shape index (κ2) is 8.02. The van der Waals surface area contributed by atoms with Gasteiger partial charge in [-0.3, -0.25) is 4.79 Å². The summed E-state index contributed by atoms with van der Waals surface area (Å²) in [7, 11) is 1.72. The number of methoxy groups -OCH3 is 1. The highest BCUT2D eigenvalue weighted by molar-refractivity contribution is 5.85. The Bertz CT molecular complexity index is 524. The molecule has 1 aromatic carbocycles. The number of nitrogens with one attached hydrogen (secondary N) is 2. The Balaban J connectivity index is 0.00000192. The Labute approximate surface area is 144 Å². The van der Waals surface area contributed by atoms with Crippen molar-refractivity contribution in [1.29, 1.82) is 0 Å². The Morgan fingerprint density at radius 3 is 2.70 bits per heavy atom. The van der Waals surface area contributed by atoms with Crippen LogP contribution in [0.5, 0.6) is 5.75 Å². The second-order valence-electron chi connectivity index (χ2n) is 6.55. The summed E-state index contributed by atoms with van der Waals surface area (Å²) < 4.78 is 5.56. The maximum absolute atomic E-state index is 12.3. The number of carbonyl (C=O) groups excluding carboxylic acids is 1. The van der Waals surface area contributed by atoms with Crippen molar-refractivity contribution in [2.24, 2.45) is 0 Å². The quantitative estimate of drug-likeness (QED) is 0.868.